The van der Waals surface area contributed by atoms with Crippen LogP contribution in [0.3, 0.4) is 0 Å². The van der Waals surface area contributed by atoms with Crippen molar-refractivity contribution in [3.8, 4) is 0 Å². The van der Waals surface area contributed by atoms with Crippen LogP contribution in [0.15, 0.2) is 16.8 Å². The highest BCUT2D eigenvalue weighted by Crippen LogP contribution is 2.21. The first kappa shape index (κ1) is 16.5. The van der Waals surface area contributed by atoms with Crippen molar-refractivity contribution in [2.45, 2.75) is 26.8 Å². The third kappa shape index (κ3) is 5.09. The second-order valence-electron chi connectivity index (χ2n) is 6.31. The van der Waals surface area contributed by atoms with Gasteiger partial charge in [-0.1, -0.05) is 13.8 Å². The van der Waals surface area contributed by atoms with E-state index in [1.165, 1.54) is 12.0 Å². The Hall–Kier alpha value is -0.910. The molecule has 1 aliphatic heterocycles. The van der Waals surface area contributed by atoms with Crippen LogP contribution in [0.5, 0.6) is 0 Å². The zero-order chi connectivity index (χ0) is 15.2. The zero-order valence-corrected chi connectivity index (χ0v) is 13.8. The summed E-state index contributed by atoms with van der Waals surface area (Å²) in [6.45, 7) is 7.93. The molecule has 1 aromatic rings. The van der Waals surface area contributed by atoms with Crippen molar-refractivity contribution < 1.29 is 9.90 Å². The van der Waals surface area contributed by atoms with Gasteiger partial charge in [0.15, 0.2) is 0 Å². The van der Waals surface area contributed by atoms with E-state index < -0.39 is 0 Å². The summed E-state index contributed by atoms with van der Waals surface area (Å²) < 4.78 is 0. The highest BCUT2D eigenvalue weighted by atomic mass is 32.1. The lowest BCUT2D eigenvalue weighted by Crippen LogP contribution is -2.47. The minimum absolute atomic E-state index is 0.0875. The Morgan fingerprint density at radius 3 is 2.71 bits per heavy atom. The number of hydrogen-bond donors (Lipinski definition) is 1. The molecule has 1 amide bonds. The van der Waals surface area contributed by atoms with Crippen molar-refractivity contribution in [1.82, 2.24) is 9.80 Å². The molecule has 0 aromatic carbocycles. The summed E-state index contributed by atoms with van der Waals surface area (Å²) in [5.41, 5.74) is 1.21. The van der Waals surface area contributed by atoms with Crippen molar-refractivity contribution in [2.24, 2.45) is 11.8 Å². The molecule has 21 heavy (non-hydrogen) atoms. The van der Waals surface area contributed by atoms with Gasteiger partial charge < -0.3 is 10.0 Å². The fourth-order valence-corrected chi connectivity index (χ4v) is 3.81. The number of amides is 1. The Balaban J connectivity index is 1.91. The van der Waals surface area contributed by atoms with Gasteiger partial charge in [0.2, 0.25) is 5.91 Å². The molecule has 2 heterocycles. The van der Waals surface area contributed by atoms with Gasteiger partial charge in [0.1, 0.15) is 0 Å². The van der Waals surface area contributed by atoms with Gasteiger partial charge >= 0.3 is 0 Å². The van der Waals surface area contributed by atoms with Gasteiger partial charge in [0.05, 0.1) is 13.2 Å². The van der Waals surface area contributed by atoms with Gasteiger partial charge in [-0.25, -0.2) is 0 Å². The van der Waals surface area contributed by atoms with E-state index in [4.69, 9.17) is 0 Å². The van der Waals surface area contributed by atoms with Crippen molar-refractivity contribution in [2.75, 3.05) is 32.8 Å². The second-order valence-corrected chi connectivity index (χ2v) is 7.09. The van der Waals surface area contributed by atoms with Crippen LogP contribution in [0, 0.1) is 11.8 Å². The average molecular weight is 310 g/mol. The minimum atomic E-state index is 0.0875. The molecule has 0 saturated carbocycles. The predicted molar refractivity (Wildman–Crippen MR) is 86.2 cm³/mol. The second kappa shape index (κ2) is 7.92. The summed E-state index contributed by atoms with van der Waals surface area (Å²) in [5, 5.41) is 13.3. The van der Waals surface area contributed by atoms with Crippen LogP contribution in [0.1, 0.15) is 25.8 Å². The Labute approximate surface area is 131 Å². The van der Waals surface area contributed by atoms with Crippen LogP contribution in [-0.4, -0.2) is 53.6 Å². The molecular formula is C16H26N2O2S. The third-order valence-electron chi connectivity index (χ3n) is 3.98. The van der Waals surface area contributed by atoms with Crippen LogP contribution in [0.4, 0.5) is 0 Å². The number of likely N-dealkylation sites (tertiary alicyclic amines) is 1. The largest absolute Gasteiger partial charge is 0.395 e. The molecule has 2 unspecified atom stereocenters. The third-order valence-corrected chi connectivity index (χ3v) is 4.71. The molecule has 1 N–H and O–H groups in total. The number of carbonyl (C=O) groups excluding carboxylic acids is 1. The topological polar surface area (TPSA) is 43.8 Å². The van der Waals surface area contributed by atoms with E-state index in [0.717, 1.165) is 19.6 Å². The summed E-state index contributed by atoms with van der Waals surface area (Å²) in [7, 11) is 0. The maximum absolute atomic E-state index is 12.5. The Kier molecular flexibility index (Phi) is 6.21. The van der Waals surface area contributed by atoms with Crippen molar-refractivity contribution in [1.29, 1.82) is 0 Å². The van der Waals surface area contributed by atoms with E-state index in [1.54, 1.807) is 11.3 Å². The van der Waals surface area contributed by atoms with Crippen LogP contribution in [-0.2, 0) is 11.3 Å². The highest BCUT2D eigenvalue weighted by Gasteiger charge is 2.26. The van der Waals surface area contributed by atoms with E-state index in [2.05, 4.69) is 25.3 Å². The van der Waals surface area contributed by atoms with Crippen LogP contribution < -0.4 is 0 Å². The molecule has 1 fully saturated rings. The van der Waals surface area contributed by atoms with Crippen molar-refractivity contribution in [3.05, 3.63) is 22.4 Å². The van der Waals surface area contributed by atoms with Gasteiger partial charge in [0, 0.05) is 26.2 Å². The molecule has 4 nitrogen and oxygen atoms in total. The molecule has 0 bridgehead atoms. The minimum Gasteiger partial charge on any atom is -0.395 e. The summed E-state index contributed by atoms with van der Waals surface area (Å²) in [4.78, 5) is 16.5. The Morgan fingerprint density at radius 1 is 1.43 bits per heavy atom. The Bertz CT molecular complexity index is 425. The SMILES string of the molecule is CC1CC(C)CN(C(=O)CN(CCO)Cc2ccsc2)C1. The first-order valence-electron chi connectivity index (χ1n) is 7.70. The van der Waals surface area contributed by atoms with E-state index in [1.807, 2.05) is 15.2 Å². The van der Waals surface area contributed by atoms with Crippen LogP contribution in [0.25, 0.3) is 0 Å². The molecule has 5 heteroatoms. The quantitative estimate of drug-likeness (QED) is 0.874. The summed E-state index contributed by atoms with van der Waals surface area (Å²) in [5.74, 6) is 1.36. The smallest absolute Gasteiger partial charge is 0.236 e. The van der Waals surface area contributed by atoms with Gasteiger partial charge in [-0.05, 0) is 40.6 Å². The average Bonchev–Trinajstić information content (AvgIpc) is 2.90. The molecule has 1 aromatic heterocycles. The lowest BCUT2D eigenvalue weighted by Gasteiger charge is -2.36. The molecule has 1 saturated heterocycles. The summed E-state index contributed by atoms with van der Waals surface area (Å²) in [6.07, 6.45) is 1.21. The molecule has 0 radical (unpaired) electrons. The lowest BCUT2D eigenvalue weighted by molar-refractivity contribution is -0.135. The van der Waals surface area contributed by atoms with Crippen LogP contribution >= 0.6 is 11.3 Å². The number of aliphatic hydroxyl groups excluding tert-OH is 1. The number of rotatable bonds is 6. The molecule has 1 aliphatic rings. The normalized spacial score (nSPS) is 22.8. The fraction of sp³-hybridized carbons (Fsp3) is 0.688. The van der Waals surface area contributed by atoms with E-state index in [-0.39, 0.29) is 12.5 Å². The molecule has 118 valence electrons. The summed E-state index contributed by atoms with van der Waals surface area (Å²) in [6, 6.07) is 2.07. The first-order valence-corrected chi connectivity index (χ1v) is 8.64. The molecular weight excluding hydrogens is 284 g/mol. The van der Waals surface area contributed by atoms with Crippen molar-refractivity contribution in [3.63, 3.8) is 0 Å². The van der Waals surface area contributed by atoms with E-state index in [9.17, 15) is 9.90 Å². The first-order chi connectivity index (χ1) is 10.1. The number of aliphatic hydroxyl groups is 1. The van der Waals surface area contributed by atoms with Gasteiger partial charge in [-0.15, -0.1) is 0 Å². The molecule has 0 aliphatic carbocycles. The van der Waals surface area contributed by atoms with Gasteiger partial charge in [0.25, 0.3) is 0 Å². The maximum Gasteiger partial charge on any atom is 0.236 e. The lowest BCUT2D eigenvalue weighted by atomic mass is 9.92. The van der Waals surface area contributed by atoms with Gasteiger partial charge in [-0.3, -0.25) is 9.69 Å². The molecule has 2 atom stereocenters. The molecule has 2 rings (SSSR count). The number of hydrogen-bond acceptors (Lipinski definition) is 4. The van der Waals surface area contributed by atoms with Crippen molar-refractivity contribution >= 4 is 17.2 Å². The summed E-state index contributed by atoms with van der Waals surface area (Å²) >= 11 is 1.66. The number of nitrogens with zero attached hydrogens (tertiary/aromatic N) is 2. The van der Waals surface area contributed by atoms with E-state index in [0.29, 0.717) is 24.9 Å². The number of piperidine rings is 1. The van der Waals surface area contributed by atoms with Crippen LogP contribution in [0.2, 0.25) is 0 Å². The maximum atomic E-state index is 12.5. The van der Waals surface area contributed by atoms with E-state index >= 15 is 0 Å². The zero-order valence-electron chi connectivity index (χ0n) is 13.0. The highest BCUT2D eigenvalue weighted by molar-refractivity contribution is 7.07. The fourth-order valence-electron chi connectivity index (χ4n) is 3.15. The predicted octanol–water partition coefficient (Wildman–Crippen LogP) is 2.05. The number of carbonyl (C=O) groups is 1. The standard InChI is InChI=1S/C16H26N2O2S/c1-13-7-14(2)9-18(8-13)16(20)11-17(4-5-19)10-15-3-6-21-12-15/h3,6,12-14,19H,4-5,7-11H2,1-2H3. The van der Waals surface area contributed by atoms with Gasteiger partial charge in [-0.2, -0.15) is 11.3 Å². The number of thiophene rings is 1. The monoisotopic (exact) mass is 310 g/mol. The Morgan fingerprint density at radius 2 is 2.14 bits per heavy atom. The molecule has 0 spiro atoms.